The first-order valence-electron chi connectivity index (χ1n) is 3.32. The Hall–Kier alpha value is -0.370. The molecule has 2 nitrogen and oxygen atoms in total. The number of ketones is 1. The van der Waals surface area contributed by atoms with Gasteiger partial charge in [0, 0.05) is 5.92 Å². The van der Waals surface area contributed by atoms with Gasteiger partial charge in [0.1, 0.15) is 6.10 Å². The molecule has 0 saturated carbocycles. The van der Waals surface area contributed by atoms with Gasteiger partial charge >= 0.3 is 0 Å². The highest BCUT2D eigenvalue weighted by atomic mass is 16.6. The largest absolute Gasteiger partial charge is 0.362 e. The molecular formula is C7H12O2. The molecule has 0 bridgehead atoms. The quantitative estimate of drug-likeness (QED) is 0.519. The number of hydrogen-bond acceptors (Lipinski definition) is 2. The van der Waals surface area contributed by atoms with E-state index in [1.807, 2.05) is 20.8 Å². The van der Waals surface area contributed by atoms with Crippen LogP contribution < -0.4 is 0 Å². The number of rotatable bonds is 2. The van der Waals surface area contributed by atoms with Crippen LogP contribution in [0.4, 0.5) is 0 Å². The van der Waals surface area contributed by atoms with Crippen molar-refractivity contribution in [3.8, 4) is 0 Å². The van der Waals surface area contributed by atoms with Crippen LogP contribution in [0.2, 0.25) is 0 Å². The van der Waals surface area contributed by atoms with E-state index in [0.717, 1.165) is 0 Å². The monoisotopic (exact) mass is 128 g/mol. The Balaban J connectivity index is 2.36. The number of hydrogen-bond donors (Lipinski definition) is 0. The highest BCUT2D eigenvalue weighted by Gasteiger charge is 2.41. The Morgan fingerprint density at radius 3 is 2.11 bits per heavy atom. The summed E-state index contributed by atoms with van der Waals surface area (Å²) in [6, 6.07) is 0. The van der Waals surface area contributed by atoms with Crippen LogP contribution >= 0.6 is 0 Å². The molecule has 0 aromatic carbocycles. The molecule has 0 aromatic heterocycles. The number of carbonyl (C=O) groups is 1. The molecule has 1 aliphatic rings. The predicted octanol–water partition coefficient (Wildman–Crippen LogP) is 0.999. The summed E-state index contributed by atoms with van der Waals surface area (Å²) in [6.45, 7) is 5.72. The second kappa shape index (κ2) is 2.10. The minimum atomic E-state index is -0.0787. The van der Waals surface area contributed by atoms with E-state index < -0.39 is 0 Å². The third kappa shape index (κ3) is 1.30. The van der Waals surface area contributed by atoms with Crippen molar-refractivity contribution in [1.29, 1.82) is 0 Å². The minimum absolute atomic E-state index is 0.0787. The molecular weight excluding hydrogens is 116 g/mol. The Labute approximate surface area is 55.2 Å². The molecule has 0 radical (unpaired) electrons. The number of epoxide rings is 1. The minimum Gasteiger partial charge on any atom is -0.362 e. The normalized spacial score (nSPS) is 32.9. The van der Waals surface area contributed by atoms with E-state index >= 15 is 0 Å². The molecule has 0 spiro atoms. The molecule has 1 saturated heterocycles. The summed E-state index contributed by atoms with van der Waals surface area (Å²) in [6.07, 6.45) is 0.102. The van der Waals surface area contributed by atoms with Gasteiger partial charge in [-0.05, 0) is 6.92 Å². The average molecular weight is 128 g/mol. The zero-order valence-electron chi connectivity index (χ0n) is 6.05. The van der Waals surface area contributed by atoms with E-state index in [1.165, 1.54) is 0 Å². The molecule has 1 fully saturated rings. The fourth-order valence-corrected chi connectivity index (χ4v) is 0.813. The second-order valence-corrected chi connectivity index (χ2v) is 2.82. The molecule has 2 atom stereocenters. The van der Waals surface area contributed by atoms with E-state index in [1.54, 1.807) is 0 Å². The van der Waals surface area contributed by atoms with Crippen LogP contribution in [0.25, 0.3) is 0 Å². The van der Waals surface area contributed by atoms with E-state index in [2.05, 4.69) is 0 Å². The van der Waals surface area contributed by atoms with Gasteiger partial charge in [0.15, 0.2) is 5.78 Å². The van der Waals surface area contributed by atoms with Crippen LogP contribution in [0.1, 0.15) is 20.8 Å². The van der Waals surface area contributed by atoms with Gasteiger partial charge in [-0.3, -0.25) is 4.79 Å². The van der Waals surface area contributed by atoms with Crippen molar-refractivity contribution in [3.05, 3.63) is 0 Å². The molecule has 1 aliphatic heterocycles. The van der Waals surface area contributed by atoms with Crippen molar-refractivity contribution >= 4 is 5.78 Å². The number of ether oxygens (including phenoxy) is 1. The van der Waals surface area contributed by atoms with Crippen LogP contribution in [0.15, 0.2) is 0 Å². The Kier molecular flexibility index (Phi) is 1.58. The fraction of sp³-hybridized carbons (Fsp3) is 0.857. The van der Waals surface area contributed by atoms with Gasteiger partial charge in [0.25, 0.3) is 0 Å². The van der Waals surface area contributed by atoms with Crippen molar-refractivity contribution in [2.24, 2.45) is 5.92 Å². The SMILES string of the molecule is CC(C)C(=O)[C@H]1O[C@@H]1C. The third-order valence-corrected chi connectivity index (χ3v) is 1.56. The van der Waals surface area contributed by atoms with Gasteiger partial charge in [-0.25, -0.2) is 0 Å². The zero-order valence-corrected chi connectivity index (χ0v) is 6.05. The molecule has 9 heavy (non-hydrogen) atoms. The molecule has 0 unspecified atom stereocenters. The summed E-state index contributed by atoms with van der Waals surface area (Å²) < 4.78 is 4.99. The van der Waals surface area contributed by atoms with Crippen LogP contribution in [0.3, 0.4) is 0 Å². The smallest absolute Gasteiger partial charge is 0.166 e. The van der Waals surface area contributed by atoms with Gasteiger partial charge in [0.2, 0.25) is 0 Å². The second-order valence-electron chi connectivity index (χ2n) is 2.82. The highest BCUT2D eigenvalue weighted by molar-refractivity contribution is 5.87. The molecule has 2 heteroatoms. The van der Waals surface area contributed by atoms with Gasteiger partial charge < -0.3 is 4.74 Å². The van der Waals surface area contributed by atoms with E-state index in [4.69, 9.17) is 4.74 Å². The van der Waals surface area contributed by atoms with Crippen molar-refractivity contribution in [2.75, 3.05) is 0 Å². The van der Waals surface area contributed by atoms with Gasteiger partial charge in [-0.15, -0.1) is 0 Å². The molecule has 52 valence electrons. The molecule has 0 N–H and O–H groups in total. The maximum atomic E-state index is 11.0. The first-order chi connectivity index (χ1) is 4.13. The number of carbonyl (C=O) groups excluding carboxylic acids is 1. The molecule has 0 aliphatic carbocycles. The van der Waals surface area contributed by atoms with Crippen LogP contribution in [-0.2, 0) is 9.53 Å². The van der Waals surface area contributed by atoms with E-state index in [0.29, 0.717) is 0 Å². The van der Waals surface area contributed by atoms with Crippen molar-refractivity contribution in [2.45, 2.75) is 33.0 Å². The maximum Gasteiger partial charge on any atom is 0.166 e. The van der Waals surface area contributed by atoms with Crippen LogP contribution in [-0.4, -0.2) is 18.0 Å². The standard InChI is InChI=1S/C7H12O2/c1-4(2)6(8)7-5(3)9-7/h4-5,7H,1-3H3/t5-,7+/m1/s1. The van der Waals surface area contributed by atoms with Crippen LogP contribution in [0.5, 0.6) is 0 Å². The molecule has 1 heterocycles. The lowest BCUT2D eigenvalue weighted by molar-refractivity contribution is -0.123. The van der Waals surface area contributed by atoms with E-state index in [-0.39, 0.29) is 23.9 Å². The first kappa shape index (κ1) is 6.75. The van der Waals surface area contributed by atoms with Gasteiger partial charge in [0.05, 0.1) is 6.10 Å². The predicted molar refractivity (Wildman–Crippen MR) is 34.2 cm³/mol. The van der Waals surface area contributed by atoms with Crippen molar-refractivity contribution in [1.82, 2.24) is 0 Å². The number of Topliss-reactive ketones (excluding diaryl/α,β-unsaturated/α-hetero) is 1. The summed E-state index contributed by atoms with van der Waals surface area (Å²) in [5.41, 5.74) is 0. The fourth-order valence-electron chi connectivity index (χ4n) is 0.813. The Bertz CT molecular complexity index is 129. The van der Waals surface area contributed by atoms with Gasteiger partial charge in [-0.1, -0.05) is 13.8 Å². The summed E-state index contributed by atoms with van der Waals surface area (Å²) in [4.78, 5) is 11.0. The molecule has 0 aromatic rings. The molecule has 0 amide bonds. The lowest BCUT2D eigenvalue weighted by Crippen LogP contribution is -2.15. The topological polar surface area (TPSA) is 29.6 Å². The van der Waals surface area contributed by atoms with Crippen molar-refractivity contribution in [3.63, 3.8) is 0 Å². The first-order valence-corrected chi connectivity index (χ1v) is 3.32. The van der Waals surface area contributed by atoms with Crippen LogP contribution in [0, 0.1) is 5.92 Å². The summed E-state index contributed by atoms with van der Waals surface area (Å²) >= 11 is 0. The van der Waals surface area contributed by atoms with Crippen molar-refractivity contribution < 1.29 is 9.53 Å². The zero-order chi connectivity index (χ0) is 7.02. The van der Waals surface area contributed by atoms with E-state index in [9.17, 15) is 4.79 Å². The average Bonchev–Trinajstić information content (AvgIpc) is 2.44. The summed E-state index contributed by atoms with van der Waals surface area (Å²) in [7, 11) is 0. The lowest BCUT2D eigenvalue weighted by atomic mass is 10.1. The molecule has 1 rings (SSSR count). The maximum absolute atomic E-state index is 11.0. The Morgan fingerprint density at radius 1 is 1.56 bits per heavy atom. The Morgan fingerprint density at radius 2 is 2.00 bits per heavy atom. The third-order valence-electron chi connectivity index (χ3n) is 1.56. The summed E-state index contributed by atoms with van der Waals surface area (Å²) in [5, 5.41) is 0. The highest BCUT2D eigenvalue weighted by Crippen LogP contribution is 2.24. The lowest BCUT2D eigenvalue weighted by Gasteiger charge is -1.96. The van der Waals surface area contributed by atoms with Gasteiger partial charge in [-0.2, -0.15) is 0 Å². The summed E-state index contributed by atoms with van der Waals surface area (Å²) in [5.74, 6) is 0.363.